The van der Waals surface area contributed by atoms with E-state index in [4.69, 9.17) is 9.62 Å². The molecule has 0 saturated heterocycles. The maximum absolute atomic E-state index is 9.08. The number of hydrogen-bond acceptors (Lipinski definition) is 2. The lowest BCUT2D eigenvalue weighted by Gasteiger charge is -1.80. The predicted octanol–water partition coefficient (Wildman–Crippen LogP) is 0.958. The highest BCUT2D eigenvalue weighted by molar-refractivity contribution is 5.69. The Morgan fingerprint density at radius 3 is 3.10 bits per heavy atom. The van der Waals surface area contributed by atoms with Crippen LogP contribution in [0.5, 0.6) is 0 Å². The summed E-state index contributed by atoms with van der Waals surface area (Å²) in [4.78, 5) is 0. The van der Waals surface area contributed by atoms with Crippen LogP contribution in [0, 0.1) is 0 Å². The first kappa shape index (κ1) is 5.29. The zero-order chi connectivity index (χ0) is 6.97. The van der Waals surface area contributed by atoms with Crippen molar-refractivity contribution in [1.82, 2.24) is 0 Å². The number of pyridine rings is 1. The minimum atomic E-state index is 0.475. The second-order valence-electron chi connectivity index (χ2n) is 2.03. The monoisotopic (exact) mass is 136 g/mol. The topological polar surface area (TPSA) is 37.2 Å². The lowest BCUT2D eigenvalue weighted by Crippen LogP contribution is -2.28. The summed E-state index contributed by atoms with van der Waals surface area (Å²) < 4.78 is 5.92. The van der Waals surface area contributed by atoms with Gasteiger partial charge in [0.2, 0.25) is 6.20 Å². The Balaban J connectivity index is 2.95. The highest BCUT2D eigenvalue weighted by atomic mass is 16.5. The molecular formula is C7H6NO2+. The van der Waals surface area contributed by atoms with E-state index in [1.807, 2.05) is 6.07 Å². The molecule has 0 amide bonds. The lowest BCUT2D eigenvalue weighted by molar-refractivity contribution is -0.888. The zero-order valence-electron chi connectivity index (χ0n) is 5.19. The van der Waals surface area contributed by atoms with Gasteiger partial charge in [-0.2, -0.15) is 0 Å². The van der Waals surface area contributed by atoms with Gasteiger partial charge in [0.15, 0.2) is 0 Å². The number of rotatable bonds is 0. The molecule has 0 unspecified atom stereocenters. The summed E-state index contributed by atoms with van der Waals surface area (Å²) in [5.41, 5.74) is 0.475. The van der Waals surface area contributed by atoms with Gasteiger partial charge in [-0.15, -0.1) is 0 Å². The van der Waals surface area contributed by atoms with Crippen molar-refractivity contribution >= 4 is 11.1 Å². The van der Waals surface area contributed by atoms with E-state index in [2.05, 4.69) is 0 Å². The van der Waals surface area contributed by atoms with Crippen LogP contribution in [0.25, 0.3) is 11.1 Å². The van der Waals surface area contributed by atoms with E-state index in [0.29, 0.717) is 5.71 Å². The molecule has 0 spiro atoms. The van der Waals surface area contributed by atoms with E-state index in [1.54, 1.807) is 12.1 Å². The molecule has 2 aromatic rings. The first-order valence-electron chi connectivity index (χ1n) is 2.95. The van der Waals surface area contributed by atoms with Crippen LogP contribution in [0.15, 0.2) is 35.1 Å². The van der Waals surface area contributed by atoms with E-state index in [1.165, 1.54) is 12.5 Å². The highest BCUT2D eigenvalue weighted by Gasteiger charge is 2.08. The average molecular weight is 136 g/mol. The normalized spacial score (nSPS) is 10.4. The molecule has 0 aliphatic carbocycles. The van der Waals surface area contributed by atoms with Crippen LogP contribution in [-0.4, -0.2) is 5.21 Å². The predicted molar refractivity (Wildman–Crippen MR) is 33.6 cm³/mol. The van der Waals surface area contributed by atoms with Crippen LogP contribution in [-0.2, 0) is 0 Å². The first-order chi connectivity index (χ1) is 4.88. The summed E-state index contributed by atoms with van der Waals surface area (Å²) in [5.74, 6) is 0. The first-order valence-corrected chi connectivity index (χ1v) is 2.95. The molecule has 0 aliphatic heterocycles. The van der Waals surface area contributed by atoms with Crippen molar-refractivity contribution in [2.24, 2.45) is 0 Å². The Labute approximate surface area is 57.1 Å². The molecule has 0 bridgehead atoms. The maximum Gasteiger partial charge on any atom is 0.428 e. The van der Waals surface area contributed by atoms with Crippen molar-refractivity contribution in [2.75, 3.05) is 0 Å². The summed E-state index contributed by atoms with van der Waals surface area (Å²) in [7, 11) is 0. The van der Waals surface area contributed by atoms with E-state index < -0.39 is 0 Å². The van der Waals surface area contributed by atoms with Crippen LogP contribution >= 0.6 is 0 Å². The van der Waals surface area contributed by atoms with Crippen LogP contribution in [0.2, 0.25) is 0 Å². The smallest absolute Gasteiger partial charge is 0.410 e. The van der Waals surface area contributed by atoms with E-state index in [9.17, 15) is 0 Å². The molecule has 3 heteroatoms. The van der Waals surface area contributed by atoms with Crippen LogP contribution < -0.4 is 4.73 Å². The molecule has 0 radical (unpaired) electrons. The molecule has 0 fully saturated rings. The molecule has 0 aromatic carbocycles. The van der Waals surface area contributed by atoms with E-state index in [0.717, 1.165) is 10.1 Å². The second-order valence-corrected chi connectivity index (χ2v) is 2.03. The van der Waals surface area contributed by atoms with Gasteiger partial charge in [-0.25, -0.2) is 0 Å². The Morgan fingerprint density at radius 1 is 1.40 bits per heavy atom. The number of nitrogens with zero attached hydrogens (tertiary/aromatic N) is 1. The van der Waals surface area contributed by atoms with Crippen molar-refractivity contribution in [2.45, 2.75) is 0 Å². The molecule has 0 atom stereocenters. The fourth-order valence-corrected chi connectivity index (χ4v) is 0.920. The molecule has 2 aromatic heterocycles. The third kappa shape index (κ3) is 0.572. The van der Waals surface area contributed by atoms with Gasteiger partial charge in [0, 0.05) is 10.8 Å². The fraction of sp³-hybridized carbons (Fsp3) is 0. The van der Waals surface area contributed by atoms with Crippen molar-refractivity contribution < 1.29 is 14.4 Å². The molecule has 10 heavy (non-hydrogen) atoms. The van der Waals surface area contributed by atoms with Gasteiger partial charge in [-0.1, -0.05) is 0 Å². The Bertz CT molecular complexity index is 353. The molecular weight excluding hydrogens is 130 g/mol. The molecule has 3 nitrogen and oxygen atoms in total. The third-order valence-electron chi connectivity index (χ3n) is 1.39. The Kier molecular flexibility index (Phi) is 0.917. The lowest BCUT2D eigenvalue weighted by atomic mass is 10.3. The zero-order valence-corrected chi connectivity index (χ0v) is 5.19. The fourth-order valence-electron chi connectivity index (χ4n) is 0.920. The summed E-state index contributed by atoms with van der Waals surface area (Å²) >= 11 is 0. The van der Waals surface area contributed by atoms with Crippen LogP contribution in [0.1, 0.15) is 0 Å². The summed E-state index contributed by atoms with van der Waals surface area (Å²) in [5, 5.41) is 9.98. The molecule has 2 heterocycles. The average Bonchev–Trinajstić information content (AvgIpc) is 2.36. The van der Waals surface area contributed by atoms with Gasteiger partial charge in [-0.3, -0.25) is 5.21 Å². The van der Waals surface area contributed by atoms with Gasteiger partial charge in [0.1, 0.15) is 0 Å². The van der Waals surface area contributed by atoms with Gasteiger partial charge in [0.25, 0.3) is 0 Å². The third-order valence-corrected chi connectivity index (χ3v) is 1.39. The van der Waals surface area contributed by atoms with Crippen LogP contribution in [0.4, 0.5) is 0 Å². The minimum Gasteiger partial charge on any atom is -0.410 e. The molecule has 0 saturated carbocycles. The SMILES string of the molecule is O[n+]1cccc2ccoc21. The molecule has 2 rings (SSSR count). The number of furan rings is 1. The van der Waals surface area contributed by atoms with Crippen molar-refractivity contribution in [3.63, 3.8) is 0 Å². The Morgan fingerprint density at radius 2 is 2.30 bits per heavy atom. The highest BCUT2D eigenvalue weighted by Crippen LogP contribution is 2.07. The van der Waals surface area contributed by atoms with Crippen LogP contribution in [0.3, 0.4) is 0 Å². The van der Waals surface area contributed by atoms with Gasteiger partial charge < -0.3 is 4.42 Å². The quantitative estimate of drug-likeness (QED) is 0.432. The molecule has 0 aliphatic rings. The van der Waals surface area contributed by atoms with Crippen molar-refractivity contribution in [3.05, 3.63) is 30.7 Å². The molecule has 1 N–H and O–H groups in total. The number of fused-ring (bicyclic) bond motifs is 1. The van der Waals surface area contributed by atoms with Gasteiger partial charge >= 0.3 is 5.71 Å². The van der Waals surface area contributed by atoms with Gasteiger partial charge in [-0.05, 0) is 12.1 Å². The van der Waals surface area contributed by atoms with E-state index in [-0.39, 0.29) is 0 Å². The van der Waals surface area contributed by atoms with Crippen molar-refractivity contribution in [3.8, 4) is 0 Å². The number of hydrogen-bond donors (Lipinski definition) is 1. The molecule has 50 valence electrons. The summed E-state index contributed by atoms with van der Waals surface area (Å²) in [6.45, 7) is 0. The maximum atomic E-state index is 9.08. The summed E-state index contributed by atoms with van der Waals surface area (Å²) in [6, 6.07) is 5.41. The minimum absolute atomic E-state index is 0.475. The van der Waals surface area contributed by atoms with Gasteiger partial charge in [0.05, 0.1) is 11.6 Å². The Hall–Kier alpha value is -1.51. The largest absolute Gasteiger partial charge is 0.428 e. The summed E-state index contributed by atoms with van der Waals surface area (Å²) in [6.07, 6.45) is 3.06. The number of aromatic nitrogens is 1. The van der Waals surface area contributed by atoms with Crippen molar-refractivity contribution in [1.29, 1.82) is 0 Å². The standard InChI is InChI=1S/C7H6NO2/c9-8-4-1-2-6-3-5-10-7(6)8/h1-5,9H/q+1. The second kappa shape index (κ2) is 1.73. The van der Waals surface area contributed by atoms with E-state index >= 15 is 0 Å².